The van der Waals surface area contributed by atoms with Crippen LogP contribution in [-0.2, 0) is 17.9 Å². The predicted octanol–water partition coefficient (Wildman–Crippen LogP) is 0.898. The van der Waals surface area contributed by atoms with Crippen LogP contribution in [-0.4, -0.2) is 49.0 Å². The molecule has 34 heavy (non-hydrogen) atoms. The molecule has 0 saturated carbocycles. The molecule has 2 amide bonds. The number of halogens is 1. The number of hydrogen-bond donors (Lipinski definition) is 2. The van der Waals surface area contributed by atoms with Crippen LogP contribution in [0.4, 0.5) is 4.39 Å². The number of hydrogen-bond acceptors (Lipinski definition) is 6. The lowest BCUT2D eigenvalue weighted by molar-refractivity contribution is -0.127. The average molecular weight is 463 g/mol. The third-order valence-electron chi connectivity index (χ3n) is 6.62. The summed E-state index contributed by atoms with van der Waals surface area (Å²) in [6, 6.07) is 9.16. The maximum Gasteiger partial charge on any atom is 0.274 e. The molecule has 5 rings (SSSR count). The molecule has 4 atom stereocenters. The van der Waals surface area contributed by atoms with Crippen molar-refractivity contribution in [2.45, 2.75) is 25.2 Å². The standard InChI is InChI=1S/C24H22FN5O4/c25-15-6-4-14(5-7-15)10-28-23(33)21-16(13-31)19-12-29-18(2-1-3-20(29)32)22(21)30(19)24(34)17-11-26-8-9-27-17/h1-9,11,16,19,21-22,31H,10,12-13H2,(H,28,33)/t16-,19-,21+,22+/m0/s1. The molecule has 4 heterocycles. The monoisotopic (exact) mass is 463 g/mol. The number of amides is 2. The molecule has 2 aliphatic rings. The molecule has 1 fully saturated rings. The van der Waals surface area contributed by atoms with Crippen LogP contribution in [0, 0.1) is 17.7 Å². The first-order chi connectivity index (χ1) is 16.5. The van der Waals surface area contributed by atoms with Gasteiger partial charge in [-0.3, -0.25) is 19.4 Å². The van der Waals surface area contributed by atoms with Crippen LogP contribution < -0.4 is 10.9 Å². The van der Waals surface area contributed by atoms with Crippen molar-refractivity contribution in [2.24, 2.45) is 11.8 Å². The number of benzene rings is 1. The molecule has 2 aromatic heterocycles. The van der Waals surface area contributed by atoms with Crippen molar-refractivity contribution in [1.29, 1.82) is 0 Å². The van der Waals surface area contributed by atoms with Gasteiger partial charge in [0.25, 0.3) is 11.5 Å². The van der Waals surface area contributed by atoms with Gasteiger partial charge in [-0.2, -0.15) is 0 Å². The van der Waals surface area contributed by atoms with Gasteiger partial charge in [0.2, 0.25) is 5.91 Å². The number of aliphatic hydroxyl groups excluding tert-OH is 1. The molecule has 2 N–H and O–H groups in total. The lowest BCUT2D eigenvalue weighted by Gasteiger charge is -2.37. The minimum atomic E-state index is -0.799. The van der Waals surface area contributed by atoms with E-state index < -0.39 is 29.8 Å². The fourth-order valence-corrected chi connectivity index (χ4v) is 5.09. The smallest absolute Gasteiger partial charge is 0.274 e. The molecule has 9 nitrogen and oxygen atoms in total. The van der Waals surface area contributed by atoms with Crippen molar-refractivity contribution in [3.05, 3.63) is 94.2 Å². The summed E-state index contributed by atoms with van der Waals surface area (Å²) in [5, 5.41) is 13.1. The number of carbonyl (C=O) groups is 2. The van der Waals surface area contributed by atoms with Gasteiger partial charge in [0.1, 0.15) is 11.5 Å². The van der Waals surface area contributed by atoms with Gasteiger partial charge in [0.05, 0.1) is 24.2 Å². The molecule has 1 saturated heterocycles. The quantitative estimate of drug-likeness (QED) is 0.581. The summed E-state index contributed by atoms with van der Waals surface area (Å²) in [6.07, 6.45) is 4.22. The second-order valence-electron chi connectivity index (χ2n) is 8.43. The molecule has 3 aromatic rings. The highest BCUT2D eigenvalue weighted by atomic mass is 19.1. The Morgan fingerprint density at radius 3 is 2.65 bits per heavy atom. The highest BCUT2D eigenvalue weighted by Gasteiger charge is 2.57. The number of aliphatic hydroxyl groups is 1. The van der Waals surface area contributed by atoms with Crippen molar-refractivity contribution in [3.8, 4) is 0 Å². The fourth-order valence-electron chi connectivity index (χ4n) is 5.09. The van der Waals surface area contributed by atoms with Crippen LogP contribution in [0.15, 0.2) is 65.8 Å². The van der Waals surface area contributed by atoms with Crippen LogP contribution in [0.5, 0.6) is 0 Å². The lowest BCUT2D eigenvalue weighted by Crippen LogP contribution is -2.49. The zero-order valence-electron chi connectivity index (χ0n) is 18.0. The average Bonchev–Trinajstić information content (AvgIpc) is 3.10. The molecule has 0 aliphatic carbocycles. The fraction of sp³-hybridized carbons (Fsp3) is 0.292. The third kappa shape index (κ3) is 3.65. The van der Waals surface area contributed by atoms with Crippen molar-refractivity contribution < 1.29 is 19.1 Å². The van der Waals surface area contributed by atoms with Crippen molar-refractivity contribution in [2.75, 3.05) is 6.61 Å². The molecular weight excluding hydrogens is 441 g/mol. The van der Waals surface area contributed by atoms with Crippen molar-refractivity contribution >= 4 is 11.8 Å². The van der Waals surface area contributed by atoms with E-state index in [0.717, 1.165) is 0 Å². The van der Waals surface area contributed by atoms with Gasteiger partial charge in [-0.05, 0) is 23.8 Å². The molecular formula is C24H22FN5O4. The highest BCUT2D eigenvalue weighted by Crippen LogP contribution is 2.48. The van der Waals surface area contributed by atoms with Crippen LogP contribution in [0.1, 0.15) is 27.8 Å². The van der Waals surface area contributed by atoms with Gasteiger partial charge in [0.15, 0.2) is 0 Å². The second-order valence-corrected chi connectivity index (χ2v) is 8.43. The Kier molecular flexibility index (Phi) is 5.66. The topological polar surface area (TPSA) is 117 Å². The molecule has 174 valence electrons. The summed E-state index contributed by atoms with van der Waals surface area (Å²) < 4.78 is 14.8. The zero-order valence-corrected chi connectivity index (χ0v) is 18.0. The largest absolute Gasteiger partial charge is 0.396 e. The Bertz CT molecular complexity index is 1280. The van der Waals surface area contributed by atoms with E-state index in [9.17, 15) is 23.9 Å². The van der Waals surface area contributed by atoms with Crippen LogP contribution >= 0.6 is 0 Å². The molecule has 10 heteroatoms. The van der Waals surface area contributed by atoms with E-state index in [0.29, 0.717) is 11.3 Å². The first kappa shape index (κ1) is 21.9. The number of fused-ring (bicyclic) bond motifs is 4. The van der Waals surface area contributed by atoms with E-state index in [2.05, 4.69) is 15.3 Å². The van der Waals surface area contributed by atoms with Gasteiger partial charge in [-0.1, -0.05) is 18.2 Å². The van der Waals surface area contributed by atoms with E-state index in [4.69, 9.17) is 0 Å². The Morgan fingerprint density at radius 2 is 1.94 bits per heavy atom. The molecule has 0 unspecified atom stereocenters. The van der Waals surface area contributed by atoms with Crippen LogP contribution in [0.25, 0.3) is 0 Å². The number of nitrogens with zero attached hydrogens (tertiary/aromatic N) is 4. The van der Waals surface area contributed by atoms with Gasteiger partial charge in [0, 0.05) is 49.8 Å². The van der Waals surface area contributed by atoms with Gasteiger partial charge in [-0.15, -0.1) is 0 Å². The van der Waals surface area contributed by atoms with E-state index >= 15 is 0 Å². The van der Waals surface area contributed by atoms with Gasteiger partial charge >= 0.3 is 0 Å². The molecule has 2 bridgehead atoms. The van der Waals surface area contributed by atoms with Crippen LogP contribution in [0.3, 0.4) is 0 Å². The maximum atomic E-state index is 13.5. The number of nitrogens with one attached hydrogen (secondary N) is 1. The zero-order chi connectivity index (χ0) is 23.8. The Labute approximate surface area is 193 Å². The minimum Gasteiger partial charge on any atom is -0.396 e. The molecule has 1 aromatic carbocycles. The summed E-state index contributed by atoms with van der Waals surface area (Å²) in [6.45, 7) is -0.0296. The SMILES string of the molecule is O=C(NCc1ccc(F)cc1)[C@@H]1[C@@H](CO)[C@@H]2Cn3c(cccc3=O)[C@H]1N2C(=O)c1cnccn1. The second kappa shape index (κ2) is 8.79. The molecule has 2 aliphatic heterocycles. The first-order valence-corrected chi connectivity index (χ1v) is 10.9. The molecule has 0 radical (unpaired) electrons. The van der Waals surface area contributed by atoms with E-state index in [1.54, 1.807) is 33.7 Å². The normalized spacial score (nSPS) is 22.8. The summed E-state index contributed by atoms with van der Waals surface area (Å²) in [5.41, 5.74) is 1.12. The van der Waals surface area contributed by atoms with E-state index in [1.807, 2.05) is 0 Å². The Morgan fingerprint density at radius 1 is 1.15 bits per heavy atom. The summed E-state index contributed by atoms with van der Waals surface area (Å²) in [7, 11) is 0. The maximum absolute atomic E-state index is 13.5. The first-order valence-electron chi connectivity index (χ1n) is 10.9. The molecule has 0 spiro atoms. The lowest BCUT2D eigenvalue weighted by atomic mass is 9.86. The van der Waals surface area contributed by atoms with Gasteiger partial charge < -0.3 is 19.9 Å². The minimum absolute atomic E-state index is 0.119. The summed E-state index contributed by atoms with van der Waals surface area (Å²) >= 11 is 0. The van der Waals surface area contributed by atoms with Gasteiger partial charge in [-0.25, -0.2) is 9.37 Å². The predicted molar refractivity (Wildman–Crippen MR) is 118 cm³/mol. The van der Waals surface area contributed by atoms with Crippen molar-refractivity contribution in [3.63, 3.8) is 0 Å². The van der Waals surface area contributed by atoms with Crippen LogP contribution in [0.2, 0.25) is 0 Å². The third-order valence-corrected chi connectivity index (χ3v) is 6.62. The Hall–Kier alpha value is -3.92. The number of aromatic nitrogens is 3. The van der Waals surface area contributed by atoms with E-state index in [-0.39, 0.29) is 42.7 Å². The number of pyridine rings is 1. The summed E-state index contributed by atoms with van der Waals surface area (Å²) in [5.74, 6) is -2.56. The van der Waals surface area contributed by atoms with Crippen molar-refractivity contribution in [1.82, 2.24) is 24.8 Å². The van der Waals surface area contributed by atoms with E-state index in [1.165, 1.54) is 36.8 Å². The highest BCUT2D eigenvalue weighted by molar-refractivity contribution is 5.94. The Balaban J connectivity index is 1.52. The number of carbonyl (C=O) groups excluding carboxylic acids is 2. The summed E-state index contributed by atoms with van der Waals surface area (Å²) in [4.78, 5) is 49.2. The number of rotatable bonds is 5.